The summed E-state index contributed by atoms with van der Waals surface area (Å²) in [5.41, 5.74) is 1.24. The molecule has 4 rings (SSSR count). The van der Waals surface area contributed by atoms with Crippen molar-refractivity contribution in [3.05, 3.63) is 75.0 Å². The van der Waals surface area contributed by atoms with E-state index in [2.05, 4.69) is 26.2 Å². The van der Waals surface area contributed by atoms with Gasteiger partial charge in [0.25, 0.3) is 5.56 Å². The second-order valence-electron chi connectivity index (χ2n) is 6.90. The first-order chi connectivity index (χ1) is 13.0. The molecule has 1 fully saturated rings. The highest BCUT2D eigenvalue weighted by atomic mass is 79.9. The van der Waals surface area contributed by atoms with E-state index < -0.39 is 0 Å². The number of halogens is 2. The molecule has 27 heavy (non-hydrogen) atoms. The number of hydrogen-bond donors (Lipinski definition) is 1. The van der Waals surface area contributed by atoms with Crippen LogP contribution >= 0.6 is 15.9 Å². The van der Waals surface area contributed by atoms with E-state index in [-0.39, 0.29) is 29.2 Å². The first kappa shape index (κ1) is 17.9. The summed E-state index contributed by atoms with van der Waals surface area (Å²) in [6.07, 6.45) is 3.29. The standard InChI is InChI=1S/C20H17BrFN3O2/c21-14-3-6-17-16(9-14)19(27)25(12-24-17)10-18(26)23-11-20(7-8-20)13-1-4-15(22)5-2-13/h1-6,9,12H,7-8,10-11H2,(H,23,26). The van der Waals surface area contributed by atoms with Gasteiger partial charge in [-0.05, 0) is 48.7 Å². The molecule has 0 unspecified atom stereocenters. The first-order valence-electron chi connectivity index (χ1n) is 8.64. The van der Waals surface area contributed by atoms with Gasteiger partial charge in [-0.15, -0.1) is 0 Å². The van der Waals surface area contributed by atoms with Crippen molar-refractivity contribution in [2.45, 2.75) is 24.8 Å². The van der Waals surface area contributed by atoms with Gasteiger partial charge in [0, 0.05) is 16.4 Å². The molecule has 1 saturated carbocycles. The van der Waals surface area contributed by atoms with Crippen LogP contribution in [0, 0.1) is 5.82 Å². The summed E-state index contributed by atoms with van der Waals surface area (Å²) in [6, 6.07) is 11.7. The molecule has 0 radical (unpaired) electrons. The summed E-state index contributed by atoms with van der Waals surface area (Å²) < 4.78 is 15.2. The molecule has 1 N–H and O–H groups in total. The quantitative estimate of drug-likeness (QED) is 0.677. The maximum atomic E-state index is 13.1. The molecule has 3 aromatic rings. The zero-order valence-corrected chi connectivity index (χ0v) is 16.0. The average Bonchev–Trinajstić information content (AvgIpc) is 3.45. The summed E-state index contributed by atoms with van der Waals surface area (Å²) in [7, 11) is 0. The molecule has 1 aliphatic rings. The van der Waals surface area contributed by atoms with E-state index in [0.29, 0.717) is 17.4 Å². The Hall–Kier alpha value is -2.54. The molecule has 0 bridgehead atoms. The number of hydrogen-bond acceptors (Lipinski definition) is 3. The predicted molar refractivity (Wildman–Crippen MR) is 104 cm³/mol. The minimum atomic E-state index is -0.270. The van der Waals surface area contributed by atoms with Crippen molar-refractivity contribution in [1.82, 2.24) is 14.9 Å². The van der Waals surface area contributed by atoms with E-state index in [1.165, 1.54) is 23.0 Å². The number of nitrogens with one attached hydrogen (secondary N) is 1. The smallest absolute Gasteiger partial charge is 0.261 e. The van der Waals surface area contributed by atoms with Crippen molar-refractivity contribution in [1.29, 1.82) is 0 Å². The van der Waals surface area contributed by atoms with E-state index in [9.17, 15) is 14.0 Å². The van der Waals surface area contributed by atoms with E-state index >= 15 is 0 Å². The third-order valence-corrected chi connectivity index (χ3v) is 5.53. The SMILES string of the molecule is O=C(Cn1cnc2ccc(Br)cc2c1=O)NCC1(c2ccc(F)cc2)CC1. The second-order valence-corrected chi connectivity index (χ2v) is 7.82. The van der Waals surface area contributed by atoms with E-state index in [1.807, 2.05) is 6.07 Å². The lowest BCUT2D eigenvalue weighted by molar-refractivity contribution is -0.121. The fourth-order valence-electron chi connectivity index (χ4n) is 3.24. The summed E-state index contributed by atoms with van der Waals surface area (Å²) in [4.78, 5) is 29.2. The van der Waals surface area contributed by atoms with Crippen LogP contribution in [0.2, 0.25) is 0 Å². The van der Waals surface area contributed by atoms with Crippen molar-refractivity contribution in [3.63, 3.8) is 0 Å². The van der Waals surface area contributed by atoms with Crippen molar-refractivity contribution >= 4 is 32.7 Å². The normalized spacial score (nSPS) is 14.9. The lowest BCUT2D eigenvalue weighted by Crippen LogP contribution is -2.36. The van der Waals surface area contributed by atoms with Crippen LogP contribution in [0.5, 0.6) is 0 Å². The molecule has 1 aliphatic carbocycles. The predicted octanol–water partition coefficient (Wildman–Crippen LogP) is 3.15. The molecule has 138 valence electrons. The Labute approximate surface area is 163 Å². The molecule has 0 spiro atoms. The molecule has 1 aromatic heterocycles. The minimum absolute atomic E-state index is 0.0895. The van der Waals surface area contributed by atoms with Crippen molar-refractivity contribution in [2.24, 2.45) is 0 Å². The van der Waals surface area contributed by atoms with Gasteiger partial charge >= 0.3 is 0 Å². The molecule has 1 amide bonds. The lowest BCUT2D eigenvalue weighted by Gasteiger charge is -2.17. The fraction of sp³-hybridized carbons (Fsp3) is 0.250. The Morgan fingerprint density at radius 1 is 1.22 bits per heavy atom. The maximum absolute atomic E-state index is 13.1. The molecule has 5 nitrogen and oxygen atoms in total. The molecule has 1 heterocycles. The maximum Gasteiger partial charge on any atom is 0.261 e. The van der Waals surface area contributed by atoms with Crippen LogP contribution in [0.3, 0.4) is 0 Å². The number of carbonyl (C=O) groups excluding carboxylic acids is 1. The summed E-state index contributed by atoms with van der Waals surface area (Å²) in [5.74, 6) is -0.518. The average molecular weight is 430 g/mol. The van der Waals surface area contributed by atoms with Gasteiger partial charge < -0.3 is 5.32 Å². The van der Waals surface area contributed by atoms with Crippen LogP contribution in [0.25, 0.3) is 10.9 Å². The third kappa shape index (κ3) is 3.64. The third-order valence-electron chi connectivity index (χ3n) is 5.03. The lowest BCUT2D eigenvalue weighted by atomic mass is 9.96. The van der Waals surface area contributed by atoms with Crippen molar-refractivity contribution in [2.75, 3.05) is 6.54 Å². The molecule has 7 heteroatoms. The number of nitrogens with zero attached hydrogens (tertiary/aromatic N) is 2. The number of aromatic nitrogens is 2. The number of benzene rings is 2. The Balaban J connectivity index is 1.46. The molecule has 2 aromatic carbocycles. The first-order valence-corrected chi connectivity index (χ1v) is 9.44. The molecular weight excluding hydrogens is 413 g/mol. The molecule has 0 aliphatic heterocycles. The molecule has 0 saturated heterocycles. The number of amides is 1. The largest absolute Gasteiger partial charge is 0.354 e. The zero-order chi connectivity index (χ0) is 19.0. The van der Waals surface area contributed by atoms with Gasteiger partial charge in [0.2, 0.25) is 5.91 Å². The van der Waals surface area contributed by atoms with Crippen LogP contribution < -0.4 is 10.9 Å². The molecule has 0 atom stereocenters. The highest BCUT2D eigenvalue weighted by molar-refractivity contribution is 9.10. The van der Waals surface area contributed by atoms with E-state index in [0.717, 1.165) is 22.9 Å². The fourth-order valence-corrected chi connectivity index (χ4v) is 3.61. The highest BCUT2D eigenvalue weighted by Crippen LogP contribution is 2.47. The van der Waals surface area contributed by atoms with E-state index in [4.69, 9.17) is 0 Å². The topological polar surface area (TPSA) is 64.0 Å². The van der Waals surface area contributed by atoms with Gasteiger partial charge in [-0.3, -0.25) is 14.2 Å². The Morgan fingerprint density at radius 3 is 2.67 bits per heavy atom. The van der Waals surface area contributed by atoms with Crippen LogP contribution in [0.4, 0.5) is 4.39 Å². The van der Waals surface area contributed by atoms with Crippen LogP contribution in [-0.2, 0) is 16.8 Å². The van der Waals surface area contributed by atoms with Gasteiger partial charge in [-0.25, -0.2) is 9.37 Å². The van der Waals surface area contributed by atoms with Gasteiger partial charge in [0.1, 0.15) is 12.4 Å². The number of carbonyl (C=O) groups is 1. The van der Waals surface area contributed by atoms with E-state index in [1.54, 1.807) is 24.3 Å². The number of fused-ring (bicyclic) bond motifs is 1. The monoisotopic (exact) mass is 429 g/mol. The summed E-state index contributed by atoms with van der Waals surface area (Å²) >= 11 is 3.34. The minimum Gasteiger partial charge on any atom is -0.354 e. The van der Waals surface area contributed by atoms with Gasteiger partial charge in [-0.2, -0.15) is 0 Å². The number of rotatable bonds is 5. The van der Waals surface area contributed by atoms with Gasteiger partial charge in [-0.1, -0.05) is 28.1 Å². The van der Waals surface area contributed by atoms with Crippen molar-refractivity contribution in [3.8, 4) is 0 Å². The second kappa shape index (κ2) is 6.88. The van der Waals surface area contributed by atoms with Crippen molar-refractivity contribution < 1.29 is 9.18 Å². The Morgan fingerprint density at radius 2 is 1.96 bits per heavy atom. The Bertz CT molecular complexity index is 1070. The zero-order valence-electron chi connectivity index (χ0n) is 14.4. The van der Waals surface area contributed by atoms with Crippen LogP contribution in [-0.4, -0.2) is 22.0 Å². The van der Waals surface area contributed by atoms with Gasteiger partial charge in [0.15, 0.2) is 0 Å². The van der Waals surface area contributed by atoms with Crippen LogP contribution in [0.15, 0.2) is 58.1 Å². The highest BCUT2D eigenvalue weighted by Gasteiger charge is 2.44. The van der Waals surface area contributed by atoms with Crippen LogP contribution in [0.1, 0.15) is 18.4 Å². The summed E-state index contributed by atoms with van der Waals surface area (Å²) in [5, 5.41) is 3.37. The summed E-state index contributed by atoms with van der Waals surface area (Å²) in [6.45, 7) is 0.382. The molecular formula is C20H17BrFN3O2. The van der Waals surface area contributed by atoms with Gasteiger partial charge in [0.05, 0.1) is 17.2 Å². The Kier molecular flexibility index (Phi) is 4.55.